The highest BCUT2D eigenvalue weighted by Crippen LogP contribution is 2.28. The number of ether oxygens (including phenoxy) is 1. The van der Waals surface area contributed by atoms with E-state index < -0.39 is 0 Å². The predicted molar refractivity (Wildman–Crippen MR) is 80.5 cm³/mol. The summed E-state index contributed by atoms with van der Waals surface area (Å²) in [6, 6.07) is 4.45. The average molecular weight is 283 g/mol. The highest BCUT2D eigenvalue weighted by molar-refractivity contribution is 5.37. The van der Waals surface area contributed by atoms with E-state index in [2.05, 4.69) is 16.8 Å². The van der Waals surface area contributed by atoms with Gasteiger partial charge in [0.15, 0.2) is 0 Å². The lowest BCUT2D eigenvalue weighted by Gasteiger charge is -2.22. The highest BCUT2D eigenvalue weighted by atomic mass is 19.1. The van der Waals surface area contributed by atoms with Crippen LogP contribution in [0.3, 0.4) is 0 Å². The van der Waals surface area contributed by atoms with Gasteiger partial charge in [-0.05, 0) is 46.2 Å². The van der Waals surface area contributed by atoms with Gasteiger partial charge in [-0.15, -0.1) is 0 Å². The van der Waals surface area contributed by atoms with Crippen molar-refractivity contribution < 1.29 is 9.13 Å². The van der Waals surface area contributed by atoms with Gasteiger partial charge in [-0.3, -0.25) is 0 Å². The van der Waals surface area contributed by atoms with E-state index in [1.165, 1.54) is 13.2 Å². The first-order valence-corrected chi connectivity index (χ1v) is 6.87. The minimum Gasteiger partial charge on any atom is -0.496 e. The van der Waals surface area contributed by atoms with E-state index in [-0.39, 0.29) is 11.9 Å². The predicted octanol–water partition coefficient (Wildman–Crippen LogP) is 1.72. The third kappa shape index (κ3) is 5.07. The Labute approximate surface area is 121 Å². The molecule has 114 valence electrons. The molecule has 0 aliphatic carbocycles. The van der Waals surface area contributed by atoms with E-state index in [0.717, 1.165) is 19.6 Å². The van der Waals surface area contributed by atoms with E-state index in [1.807, 2.05) is 14.1 Å². The third-order valence-corrected chi connectivity index (χ3v) is 3.35. The van der Waals surface area contributed by atoms with Gasteiger partial charge in [0, 0.05) is 24.7 Å². The average Bonchev–Trinajstić information content (AvgIpc) is 2.42. The van der Waals surface area contributed by atoms with Gasteiger partial charge in [0.2, 0.25) is 0 Å². The van der Waals surface area contributed by atoms with Crippen LogP contribution in [0.5, 0.6) is 5.75 Å². The molecule has 20 heavy (non-hydrogen) atoms. The van der Waals surface area contributed by atoms with E-state index in [0.29, 0.717) is 17.7 Å². The molecule has 2 N–H and O–H groups in total. The minimum absolute atomic E-state index is 0.298. The number of nitrogens with two attached hydrogens (primary N) is 1. The summed E-state index contributed by atoms with van der Waals surface area (Å²) in [5, 5.41) is 0. The summed E-state index contributed by atoms with van der Waals surface area (Å²) in [5.74, 6) is 0.223. The molecule has 4 nitrogen and oxygen atoms in total. The Bertz CT molecular complexity index is 412. The number of benzene rings is 1. The molecule has 0 fully saturated rings. The number of likely N-dealkylation sites (N-methyl/N-ethyl adjacent to an activating group) is 2. The molecule has 0 aromatic heterocycles. The highest BCUT2D eigenvalue weighted by Gasteiger charge is 2.17. The zero-order valence-electron chi connectivity index (χ0n) is 12.9. The van der Waals surface area contributed by atoms with Crippen molar-refractivity contribution in [2.24, 2.45) is 5.73 Å². The van der Waals surface area contributed by atoms with Crippen LogP contribution in [0, 0.1) is 5.82 Å². The Morgan fingerprint density at radius 3 is 2.50 bits per heavy atom. The molecule has 0 radical (unpaired) electrons. The van der Waals surface area contributed by atoms with Crippen molar-refractivity contribution in [3.8, 4) is 5.75 Å². The van der Waals surface area contributed by atoms with Crippen molar-refractivity contribution in [2.45, 2.75) is 12.5 Å². The molecule has 0 aliphatic rings. The number of methoxy groups -OCH3 is 1. The van der Waals surface area contributed by atoms with Crippen molar-refractivity contribution in [1.29, 1.82) is 0 Å². The van der Waals surface area contributed by atoms with Crippen LogP contribution >= 0.6 is 0 Å². The van der Waals surface area contributed by atoms with Crippen LogP contribution in [0.15, 0.2) is 18.2 Å². The smallest absolute Gasteiger partial charge is 0.131 e. The molecular formula is C15H26FN3O. The Morgan fingerprint density at radius 2 is 1.90 bits per heavy atom. The standard InChI is InChI=1S/C15H26FN3O/c1-18(2)10-11-19(3)9-8-13(17)15-12(16)6-5-7-14(15)20-4/h5-7,13H,8-11,17H2,1-4H3. The number of nitrogens with zero attached hydrogens (tertiary/aromatic N) is 2. The van der Waals surface area contributed by atoms with Crippen molar-refractivity contribution in [1.82, 2.24) is 9.80 Å². The van der Waals surface area contributed by atoms with Gasteiger partial charge in [-0.1, -0.05) is 6.07 Å². The summed E-state index contributed by atoms with van der Waals surface area (Å²) >= 11 is 0. The molecule has 1 aromatic carbocycles. The monoisotopic (exact) mass is 283 g/mol. The normalized spacial score (nSPS) is 13.0. The summed E-state index contributed by atoms with van der Waals surface area (Å²) in [6.45, 7) is 2.79. The maximum atomic E-state index is 13.9. The first-order valence-electron chi connectivity index (χ1n) is 6.87. The fourth-order valence-electron chi connectivity index (χ4n) is 2.04. The Morgan fingerprint density at radius 1 is 1.20 bits per heavy atom. The van der Waals surface area contributed by atoms with Crippen molar-refractivity contribution in [3.63, 3.8) is 0 Å². The molecule has 0 spiro atoms. The summed E-state index contributed by atoms with van der Waals surface area (Å²) in [5.41, 5.74) is 6.59. The van der Waals surface area contributed by atoms with Crippen LogP contribution < -0.4 is 10.5 Å². The Kier molecular flexibility index (Phi) is 6.91. The fraction of sp³-hybridized carbons (Fsp3) is 0.600. The minimum atomic E-state index is -0.354. The van der Waals surface area contributed by atoms with Gasteiger partial charge in [0.1, 0.15) is 11.6 Å². The molecule has 0 bridgehead atoms. The zero-order chi connectivity index (χ0) is 15.1. The Hall–Kier alpha value is -1.17. The molecular weight excluding hydrogens is 257 g/mol. The van der Waals surface area contributed by atoms with Crippen LogP contribution in [0.25, 0.3) is 0 Å². The summed E-state index contributed by atoms with van der Waals surface area (Å²) in [6.07, 6.45) is 0.696. The quantitative estimate of drug-likeness (QED) is 0.789. The van der Waals surface area contributed by atoms with Crippen LogP contribution in [-0.2, 0) is 0 Å². The lowest BCUT2D eigenvalue weighted by atomic mass is 10.0. The van der Waals surface area contributed by atoms with Gasteiger partial charge < -0.3 is 20.3 Å². The fourth-order valence-corrected chi connectivity index (χ4v) is 2.04. The molecule has 1 atom stereocenters. The molecule has 0 amide bonds. The topological polar surface area (TPSA) is 41.7 Å². The lowest BCUT2D eigenvalue weighted by molar-refractivity contribution is 0.272. The maximum Gasteiger partial charge on any atom is 0.131 e. The van der Waals surface area contributed by atoms with E-state index in [4.69, 9.17) is 10.5 Å². The number of rotatable bonds is 8. The van der Waals surface area contributed by atoms with Crippen LogP contribution in [0.4, 0.5) is 4.39 Å². The number of hydrogen-bond donors (Lipinski definition) is 1. The maximum absolute atomic E-state index is 13.9. The number of hydrogen-bond acceptors (Lipinski definition) is 4. The molecule has 0 aliphatic heterocycles. The van der Waals surface area contributed by atoms with Gasteiger partial charge >= 0.3 is 0 Å². The second-order valence-electron chi connectivity index (χ2n) is 5.36. The molecule has 5 heteroatoms. The second kappa shape index (κ2) is 8.19. The molecule has 1 rings (SSSR count). The first-order chi connectivity index (χ1) is 9.45. The summed E-state index contributed by atoms with van der Waals surface area (Å²) in [7, 11) is 7.68. The largest absolute Gasteiger partial charge is 0.496 e. The van der Waals surface area contributed by atoms with Crippen molar-refractivity contribution >= 4 is 0 Å². The number of halogens is 1. The van der Waals surface area contributed by atoms with Crippen LogP contribution in [0.2, 0.25) is 0 Å². The van der Waals surface area contributed by atoms with Gasteiger partial charge in [0.25, 0.3) is 0 Å². The lowest BCUT2D eigenvalue weighted by Crippen LogP contribution is -2.31. The second-order valence-corrected chi connectivity index (χ2v) is 5.36. The molecule has 0 saturated heterocycles. The molecule has 1 unspecified atom stereocenters. The third-order valence-electron chi connectivity index (χ3n) is 3.35. The van der Waals surface area contributed by atoms with E-state index in [9.17, 15) is 4.39 Å². The van der Waals surface area contributed by atoms with Gasteiger partial charge in [-0.2, -0.15) is 0 Å². The van der Waals surface area contributed by atoms with Crippen molar-refractivity contribution in [2.75, 3.05) is 47.9 Å². The van der Waals surface area contributed by atoms with Crippen LogP contribution in [-0.4, -0.2) is 57.7 Å². The molecule has 0 heterocycles. The SMILES string of the molecule is COc1cccc(F)c1C(N)CCN(C)CCN(C)C. The zero-order valence-corrected chi connectivity index (χ0v) is 12.9. The summed E-state index contributed by atoms with van der Waals surface area (Å²) < 4.78 is 19.1. The first kappa shape index (κ1) is 16.9. The molecule has 1 aromatic rings. The Balaban J connectivity index is 2.56. The van der Waals surface area contributed by atoms with Gasteiger partial charge in [0.05, 0.1) is 7.11 Å². The van der Waals surface area contributed by atoms with E-state index >= 15 is 0 Å². The van der Waals surface area contributed by atoms with Gasteiger partial charge in [-0.25, -0.2) is 4.39 Å². The van der Waals surface area contributed by atoms with E-state index in [1.54, 1.807) is 12.1 Å². The van der Waals surface area contributed by atoms with Crippen LogP contribution in [0.1, 0.15) is 18.0 Å². The van der Waals surface area contributed by atoms with Crippen molar-refractivity contribution in [3.05, 3.63) is 29.6 Å². The summed E-state index contributed by atoms with van der Waals surface area (Å²) in [4.78, 5) is 4.34. The molecule has 0 saturated carbocycles.